The highest BCUT2D eigenvalue weighted by molar-refractivity contribution is 5.92. The molecule has 2 aromatic heterocycles. The summed E-state index contributed by atoms with van der Waals surface area (Å²) in [5.41, 5.74) is 1.78. The van der Waals surface area contributed by atoms with E-state index < -0.39 is 5.97 Å². The summed E-state index contributed by atoms with van der Waals surface area (Å²) in [4.78, 5) is 15.4. The van der Waals surface area contributed by atoms with Crippen molar-refractivity contribution >= 4 is 5.97 Å². The van der Waals surface area contributed by atoms with Crippen molar-refractivity contribution in [2.45, 2.75) is 20.8 Å². The maximum absolute atomic E-state index is 11.3. The van der Waals surface area contributed by atoms with Gasteiger partial charge < -0.3 is 9.84 Å². The molecular weight excluding hydrogens is 246 g/mol. The van der Waals surface area contributed by atoms with Crippen LogP contribution in [0.4, 0.5) is 0 Å². The minimum atomic E-state index is -1.09. The molecule has 0 unspecified atom stereocenters. The Bertz CT molecular complexity index is 641. The van der Waals surface area contributed by atoms with Gasteiger partial charge in [0.15, 0.2) is 5.75 Å². The first kappa shape index (κ1) is 12.9. The molecule has 98 valence electrons. The number of aryl methyl sites for hydroxylation is 2. The molecule has 0 aliphatic carbocycles. The number of carboxylic acid groups (broad SMARTS) is 1. The Morgan fingerprint density at radius 3 is 2.58 bits per heavy atom. The summed E-state index contributed by atoms with van der Waals surface area (Å²) in [5.74, 6) is -0.652. The number of nitrogens with zero attached hydrogens (tertiary/aromatic N) is 3. The maximum atomic E-state index is 11.3. The number of ether oxygens (including phenoxy) is 1. The SMILES string of the molecule is Cc1ncccc1Oc1nnc(C)c(C)c1C(=O)O. The average Bonchev–Trinajstić information content (AvgIpc) is 2.36. The van der Waals surface area contributed by atoms with Crippen molar-refractivity contribution in [3.8, 4) is 11.6 Å². The Labute approximate surface area is 110 Å². The van der Waals surface area contributed by atoms with Gasteiger partial charge in [0.1, 0.15) is 5.56 Å². The fraction of sp³-hybridized carbons (Fsp3) is 0.231. The van der Waals surface area contributed by atoms with E-state index in [9.17, 15) is 9.90 Å². The Morgan fingerprint density at radius 2 is 1.95 bits per heavy atom. The van der Waals surface area contributed by atoms with Crippen LogP contribution in [0, 0.1) is 20.8 Å². The molecule has 2 heterocycles. The van der Waals surface area contributed by atoms with Gasteiger partial charge in [-0.2, -0.15) is 5.10 Å². The predicted molar refractivity (Wildman–Crippen MR) is 67.5 cm³/mol. The van der Waals surface area contributed by atoms with E-state index in [0.717, 1.165) is 0 Å². The van der Waals surface area contributed by atoms with E-state index in [1.807, 2.05) is 0 Å². The molecule has 0 bridgehead atoms. The molecule has 0 saturated carbocycles. The molecule has 2 aromatic rings. The van der Waals surface area contributed by atoms with E-state index in [0.29, 0.717) is 22.7 Å². The van der Waals surface area contributed by atoms with Crippen molar-refractivity contribution < 1.29 is 14.6 Å². The fourth-order valence-corrected chi connectivity index (χ4v) is 1.59. The van der Waals surface area contributed by atoms with E-state index >= 15 is 0 Å². The monoisotopic (exact) mass is 259 g/mol. The van der Waals surface area contributed by atoms with Gasteiger partial charge in [-0.25, -0.2) is 4.79 Å². The molecule has 0 fully saturated rings. The smallest absolute Gasteiger partial charge is 0.341 e. The van der Waals surface area contributed by atoms with Crippen LogP contribution >= 0.6 is 0 Å². The molecule has 0 radical (unpaired) electrons. The number of aromatic nitrogens is 3. The van der Waals surface area contributed by atoms with Gasteiger partial charge in [-0.3, -0.25) is 4.98 Å². The number of aromatic carboxylic acids is 1. The molecular formula is C13H13N3O3. The van der Waals surface area contributed by atoms with Crippen LogP contribution in [0.1, 0.15) is 27.3 Å². The number of hydrogen-bond acceptors (Lipinski definition) is 5. The van der Waals surface area contributed by atoms with Crippen LogP contribution in [0.5, 0.6) is 11.6 Å². The van der Waals surface area contributed by atoms with E-state index in [-0.39, 0.29) is 11.4 Å². The number of hydrogen-bond donors (Lipinski definition) is 1. The Hall–Kier alpha value is -2.50. The van der Waals surface area contributed by atoms with E-state index in [1.165, 1.54) is 0 Å². The molecule has 0 aliphatic heterocycles. The largest absolute Gasteiger partial charge is 0.477 e. The lowest BCUT2D eigenvalue weighted by molar-refractivity contribution is 0.0692. The lowest BCUT2D eigenvalue weighted by Crippen LogP contribution is -2.08. The van der Waals surface area contributed by atoms with Crippen LogP contribution in [0.3, 0.4) is 0 Å². The summed E-state index contributed by atoms with van der Waals surface area (Å²) in [5, 5.41) is 17.0. The second kappa shape index (κ2) is 5.01. The maximum Gasteiger partial charge on any atom is 0.341 e. The van der Waals surface area contributed by atoms with Gasteiger partial charge in [0.25, 0.3) is 5.88 Å². The molecule has 1 N–H and O–H groups in total. The highest BCUT2D eigenvalue weighted by atomic mass is 16.5. The van der Waals surface area contributed by atoms with Crippen LogP contribution < -0.4 is 4.74 Å². The zero-order chi connectivity index (χ0) is 14.0. The summed E-state index contributed by atoms with van der Waals surface area (Å²) in [6, 6.07) is 3.40. The summed E-state index contributed by atoms with van der Waals surface area (Å²) in [6.45, 7) is 5.15. The van der Waals surface area contributed by atoms with Crippen molar-refractivity contribution in [2.75, 3.05) is 0 Å². The number of carbonyl (C=O) groups is 1. The van der Waals surface area contributed by atoms with E-state index in [2.05, 4.69) is 15.2 Å². The first-order chi connectivity index (χ1) is 9.00. The molecule has 2 rings (SSSR count). The van der Waals surface area contributed by atoms with Crippen molar-refractivity contribution in [2.24, 2.45) is 0 Å². The standard InChI is InChI=1S/C13H13N3O3/c1-7-8(2)15-16-12(11(7)13(17)18)19-10-5-4-6-14-9(10)3/h4-6H,1-3H3,(H,17,18). The van der Waals surface area contributed by atoms with Crippen molar-refractivity contribution in [3.63, 3.8) is 0 Å². The summed E-state index contributed by atoms with van der Waals surface area (Å²) < 4.78 is 5.52. The van der Waals surface area contributed by atoms with Crippen LogP contribution in [0.15, 0.2) is 18.3 Å². The first-order valence-electron chi connectivity index (χ1n) is 5.67. The van der Waals surface area contributed by atoms with Crippen LogP contribution in [-0.2, 0) is 0 Å². The quantitative estimate of drug-likeness (QED) is 0.910. The highest BCUT2D eigenvalue weighted by Crippen LogP contribution is 2.27. The van der Waals surface area contributed by atoms with Gasteiger partial charge in [0, 0.05) is 6.20 Å². The van der Waals surface area contributed by atoms with Crippen LogP contribution in [0.2, 0.25) is 0 Å². The van der Waals surface area contributed by atoms with Gasteiger partial charge in [0.05, 0.1) is 11.4 Å². The number of rotatable bonds is 3. The van der Waals surface area contributed by atoms with Crippen LogP contribution in [-0.4, -0.2) is 26.3 Å². The van der Waals surface area contributed by atoms with Gasteiger partial charge in [0.2, 0.25) is 0 Å². The first-order valence-corrected chi connectivity index (χ1v) is 5.67. The third-order valence-corrected chi connectivity index (χ3v) is 2.80. The van der Waals surface area contributed by atoms with Crippen molar-refractivity contribution in [3.05, 3.63) is 40.8 Å². The molecule has 0 saturated heterocycles. The fourth-order valence-electron chi connectivity index (χ4n) is 1.59. The minimum absolute atomic E-state index is 0.0216. The summed E-state index contributed by atoms with van der Waals surface area (Å²) in [6.07, 6.45) is 1.63. The van der Waals surface area contributed by atoms with Crippen molar-refractivity contribution in [1.82, 2.24) is 15.2 Å². The van der Waals surface area contributed by atoms with Gasteiger partial charge in [-0.05, 0) is 38.5 Å². The van der Waals surface area contributed by atoms with Crippen molar-refractivity contribution in [1.29, 1.82) is 0 Å². The van der Waals surface area contributed by atoms with E-state index in [4.69, 9.17) is 4.74 Å². The second-order valence-electron chi connectivity index (χ2n) is 4.08. The van der Waals surface area contributed by atoms with Crippen LogP contribution in [0.25, 0.3) is 0 Å². The zero-order valence-electron chi connectivity index (χ0n) is 10.8. The molecule has 6 heteroatoms. The molecule has 19 heavy (non-hydrogen) atoms. The molecule has 0 atom stereocenters. The minimum Gasteiger partial charge on any atom is -0.477 e. The predicted octanol–water partition coefficient (Wildman–Crippen LogP) is 2.29. The van der Waals surface area contributed by atoms with Gasteiger partial charge >= 0.3 is 5.97 Å². The number of carboxylic acids is 1. The number of pyridine rings is 1. The summed E-state index contributed by atoms with van der Waals surface area (Å²) >= 11 is 0. The molecule has 0 aromatic carbocycles. The van der Waals surface area contributed by atoms with Gasteiger partial charge in [-0.15, -0.1) is 5.10 Å². The third-order valence-electron chi connectivity index (χ3n) is 2.80. The normalized spacial score (nSPS) is 10.3. The highest BCUT2D eigenvalue weighted by Gasteiger charge is 2.20. The Morgan fingerprint density at radius 1 is 1.21 bits per heavy atom. The lowest BCUT2D eigenvalue weighted by Gasteiger charge is -2.11. The summed E-state index contributed by atoms with van der Waals surface area (Å²) in [7, 11) is 0. The molecule has 0 spiro atoms. The topological polar surface area (TPSA) is 85.2 Å². The Balaban J connectivity index is 2.49. The molecule has 0 amide bonds. The van der Waals surface area contributed by atoms with E-state index in [1.54, 1.807) is 39.1 Å². The van der Waals surface area contributed by atoms with Gasteiger partial charge in [-0.1, -0.05) is 0 Å². The zero-order valence-corrected chi connectivity index (χ0v) is 10.8. The second-order valence-corrected chi connectivity index (χ2v) is 4.08. The average molecular weight is 259 g/mol. The molecule has 6 nitrogen and oxygen atoms in total. The Kier molecular flexibility index (Phi) is 3.41. The lowest BCUT2D eigenvalue weighted by atomic mass is 10.1. The molecule has 0 aliphatic rings. The third kappa shape index (κ3) is 2.52.